The van der Waals surface area contributed by atoms with Crippen LogP contribution in [0.3, 0.4) is 0 Å². The number of aromatic nitrogens is 4. The highest BCUT2D eigenvalue weighted by Gasteiger charge is 2.31. The molecule has 1 aromatic carbocycles. The number of benzene rings is 1. The average molecular weight is 469 g/mol. The van der Waals surface area contributed by atoms with Gasteiger partial charge in [0.2, 0.25) is 0 Å². The first-order chi connectivity index (χ1) is 17.0. The van der Waals surface area contributed by atoms with Crippen molar-refractivity contribution in [3.63, 3.8) is 0 Å². The quantitative estimate of drug-likeness (QED) is 0.445. The maximum atomic E-state index is 13.7. The van der Waals surface area contributed by atoms with E-state index >= 15 is 0 Å². The molecule has 0 unspecified atom stereocenters. The second-order valence-corrected chi connectivity index (χ2v) is 9.07. The van der Waals surface area contributed by atoms with E-state index in [1.54, 1.807) is 43.3 Å². The fourth-order valence-corrected chi connectivity index (χ4v) is 4.71. The van der Waals surface area contributed by atoms with E-state index in [0.717, 1.165) is 36.2 Å². The van der Waals surface area contributed by atoms with Gasteiger partial charge < -0.3 is 9.80 Å². The van der Waals surface area contributed by atoms with Crippen LogP contribution in [-0.2, 0) is 6.42 Å². The predicted molar refractivity (Wildman–Crippen MR) is 132 cm³/mol. The Morgan fingerprint density at radius 1 is 1.03 bits per heavy atom. The zero-order chi connectivity index (χ0) is 24.4. The Labute approximate surface area is 204 Å². The number of pyridine rings is 1. The second kappa shape index (κ2) is 9.66. The van der Waals surface area contributed by atoms with Crippen molar-refractivity contribution in [3.8, 4) is 0 Å². The number of carbonyl (C=O) groups is 2. The monoisotopic (exact) mass is 468 g/mol. The van der Waals surface area contributed by atoms with Crippen molar-refractivity contribution in [2.24, 2.45) is 0 Å². The van der Waals surface area contributed by atoms with Crippen LogP contribution in [-0.4, -0.2) is 61.8 Å². The molecule has 1 saturated heterocycles. The Kier molecular flexibility index (Phi) is 6.27. The average Bonchev–Trinajstić information content (AvgIpc) is 3.33. The molecule has 0 saturated carbocycles. The number of amides is 2. The molecule has 1 aliphatic heterocycles. The van der Waals surface area contributed by atoms with Gasteiger partial charge in [-0.25, -0.2) is 9.50 Å². The smallest absolute Gasteiger partial charge is 0.258 e. The Hall–Kier alpha value is -4.07. The van der Waals surface area contributed by atoms with Crippen LogP contribution in [0.2, 0.25) is 0 Å². The lowest BCUT2D eigenvalue weighted by Crippen LogP contribution is -2.39. The normalized spacial score (nSPS) is 15.8. The van der Waals surface area contributed by atoms with Crippen molar-refractivity contribution in [2.75, 3.05) is 20.6 Å². The summed E-state index contributed by atoms with van der Waals surface area (Å²) in [6.45, 7) is 0.661. The van der Waals surface area contributed by atoms with E-state index in [4.69, 9.17) is 0 Å². The fourth-order valence-electron chi connectivity index (χ4n) is 4.71. The van der Waals surface area contributed by atoms with Crippen molar-refractivity contribution in [2.45, 2.75) is 31.7 Å². The highest BCUT2D eigenvalue weighted by Crippen LogP contribution is 2.32. The predicted octanol–water partition coefficient (Wildman–Crippen LogP) is 3.78. The van der Waals surface area contributed by atoms with E-state index < -0.39 is 0 Å². The fraction of sp³-hybridized carbons (Fsp3) is 0.296. The lowest BCUT2D eigenvalue weighted by atomic mass is 9.97. The SMILES string of the molecule is CN(C)C(=O)c1cnn2c([C@@H]3CCCCN3C(=O)c3ccnc(Cc4ccccc4)c3)ccnc12. The minimum Gasteiger partial charge on any atom is -0.345 e. The minimum absolute atomic E-state index is 0.0203. The third-order valence-electron chi connectivity index (χ3n) is 6.46. The van der Waals surface area contributed by atoms with Crippen molar-refractivity contribution < 1.29 is 9.59 Å². The van der Waals surface area contributed by atoms with Gasteiger partial charge in [-0.15, -0.1) is 0 Å². The molecule has 1 atom stereocenters. The van der Waals surface area contributed by atoms with Gasteiger partial charge in [0.25, 0.3) is 11.8 Å². The zero-order valence-electron chi connectivity index (χ0n) is 20.0. The molecule has 8 nitrogen and oxygen atoms in total. The summed E-state index contributed by atoms with van der Waals surface area (Å²) in [5.41, 5.74) is 4.46. The van der Waals surface area contributed by atoms with Gasteiger partial charge >= 0.3 is 0 Å². The summed E-state index contributed by atoms with van der Waals surface area (Å²) in [7, 11) is 3.41. The number of hydrogen-bond acceptors (Lipinski definition) is 5. The van der Waals surface area contributed by atoms with Gasteiger partial charge in [-0.1, -0.05) is 30.3 Å². The van der Waals surface area contributed by atoms with Gasteiger partial charge in [0, 0.05) is 50.7 Å². The van der Waals surface area contributed by atoms with Crippen LogP contribution in [0.5, 0.6) is 0 Å². The van der Waals surface area contributed by atoms with Gasteiger partial charge in [0.15, 0.2) is 5.65 Å². The number of fused-ring (bicyclic) bond motifs is 1. The molecular formula is C27H28N6O2. The van der Waals surface area contributed by atoms with Crippen LogP contribution >= 0.6 is 0 Å². The van der Waals surface area contributed by atoms with Crippen LogP contribution in [0.4, 0.5) is 0 Å². The van der Waals surface area contributed by atoms with E-state index in [-0.39, 0.29) is 17.9 Å². The molecule has 1 fully saturated rings. The highest BCUT2D eigenvalue weighted by atomic mass is 16.2. The van der Waals surface area contributed by atoms with E-state index in [2.05, 4.69) is 27.2 Å². The lowest BCUT2D eigenvalue weighted by Gasteiger charge is -2.36. The lowest BCUT2D eigenvalue weighted by molar-refractivity contribution is 0.0602. The summed E-state index contributed by atoms with van der Waals surface area (Å²) in [6, 6.07) is 15.5. The van der Waals surface area contributed by atoms with Crippen molar-refractivity contribution in [1.82, 2.24) is 29.4 Å². The molecule has 2 amide bonds. The number of nitrogens with zero attached hydrogens (tertiary/aromatic N) is 6. The number of likely N-dealkylation sites (tertiary alicyclic amines) is 1. The molecule has 4 aromatic rings. The Morgan fingerprint density at radius 2 is 1.83 bits per heavy atom. The summed E-state index contributed by atoms with van der Waals surface area (Å²) in [5.74, 6) is -0.169. The van der Waals surface area contributed by atoms with E-state index in [1.165, 1.54) is 4.90 Å². The van der Waals surface area contributed by atoms with Crippen LogP contribution in [0.15, 0.2) is 67.1 Å². The van der Waals surface area contributed by atoms with Gasteiger partial charge in [0.05, 0.1) is 17.9 Å². The third-order valence-corrected chi connectivity index (χ3v) is 6.46. The van der Waals surface area contributed by atoms with E-state index in [1.807, 2.05) is 35.2 Å². The Balaban J connectivity index is 1.46. The standard InChI is InChI=1S/C27H28N6O2/c1-31(2)27(35)22-18-30-33-24(12-14-29-25(22)33)23-10-6-7-15-32(23)26(34)20-11-13-28-21(17-20)16-19-8-4-3-5-9-19/h3-5,8-9,11-14,17-18,23H,6-7,10,15-16H2,1-2H3/t23-/m0/s1. The number of rotatable bonds is 5. The van der Waals surface area contributed by atoms with E-state index in [9.17, 15) is 9.59 Å². The first-order valence-electron chi connectivity index (χ1n) is 11.9. The van der Waals surface area contributed by atoms with Crippen LogP contribution in [0.1, 0.15) is 63.0 Å². The molecule has 5 rings (SSSR count). The topological polar surface area (TPSA) is 83.7 Å². The molecular weight excluding hydrogens is 440 g/mol. The largest absolute Gasteiger partial charge is 0.345 e. The Bertz CT molecular complexity index is 1360. The number of hydrogen-bond donors (Lipinski definition) is 0. The molecule has 35 heavy (non-hydrogen) atoms. The molecule has 0 bridgehead atoms. The van der Waals surface area contributed by atoms with Crippen molar-refractivity contribution in [1.29, 1.82) is 0 Å². The zero-order valence-corrected chi connectivity index (χ0v) is 20.0. The molecule has 0 spiro atoms. The maximum absolute atomic E-state index is 13.7. The molecule has 8 heteroatoms. The highest BCUT2D eigenvalue weighted by molar-refractivity contribution is 5.99. The molecule has 0 radical (unpaired) electrons. The maximum Gasteiger partial charge on any atom is 0.258 e. The first kappa shape index (κ1) is 22.7. The second-order valence-electron chi connectivity index (χ2n) is 9.07. The third kappa shape index (κ3) is 4.51. The van der Waals surface area contributed by atoms with Crippen LogP contribution < -0.4 is 0 Å². The first-order valence-corrected chi connectivity index (χ1v) is 11.9. The molecule has 4 heterocycles. The van der Waals surface area contributed by atoms with Gasteiger partial charge in [-0.2, -0.15) is 5.10 Å². The van der Waals surface area contributed by atoms with Crippen molar-refractivity contribution in [3.05, 3.63) is 95.2 Å². The number of carbonyl (C=O) groups excluding carboxylic acids is 2. The summed E-state index contributed by atoms with van der Waals surface area (Å²) in [5, 5.41) is 4.48. The molecule has 0 aliphatic carbocycles. The molecule has 178 valence electrons. The Morgan fingerprint density at radius 3 is 2.63 bits per heavy atom. The van der Waals surface area contributed by atoms with E-state index in [0.29, 0.717) is 29.7 Å². The van der Waals surface area contributed by atoms with Crippen LogP contribution in [0, 0.1) is 0 Å². The van der Waals surface area contributed by atoms with Gasteiger partial charge in [0.1, 0.15) is 5.56 Å². The number of piperidine rings is 1. The van der Waals surface area contributed by atoms with Crippen LogP contribution in [0.25, 0.3) is 5.65 Å². The van der Waals surface area contributed by atoms with Gasteiger partial charge in [-0.05, 0) is 43.0 Å². The van der Waals surface area contributed by atoms with Gasteiger partial charge in [-0.3, -0.25) is 14.6 Å². The molecule has 0 N–H and O–H groups in total. The minimum atomic E-state index is -0.158. The summed E-state index contributed by atoms with van der Waals surface area (Å²) < 4.78 is 1.71. The summed E-state index contributed by atoms with van der Waals surface area (Å²) in [6.07, 6.45) is 8.42. The van der Waals surface area contributed by atoms with Crippen molar-refractivity contribution >= 4 is 17.5 Å². The summed E-state index contributed by atoms with van der Waals surface area (Å²) >= 11 is 0. The molecule has 1 aliphatic rings. The molecule has 3 aromatic heterocycles. The summed E-state index contributed by atoms with van der Waals surface area (Å²) in [4.78, 5) is 38.7.